The second kappa shape index (κ2) is 6.08. The van der Waals surface area contributed by atoms with Crippen molar-refractivity contribution >= 4 is 33.3 Å². The number of fused-ring (bicyclic) bond motifs is 1. The van der Waals surface area contributed by atoms with Crippen molar-refractivity contribution in [3.63, 3.8) is 0 Å². The molecule has 0 saturated carbocycles. The van der Waals surface area contributed by atoms with Gasteiger partial charge in [0.25, 0.3) is 0 Å². The summed E-state index contributed by atoms with van der Waals surface area (Å²) in [4.78, 5) is 23.6. The van der Waals surface area contributed by atoms with Crippen molar-refractivity contribution in [1.82, 2.24) is 9.97 Å². The number of rotatable bonds is 4. The molecule has 0 amide bonds. The maximum Gasteiger partial charge on any atom is 0.197 e. The van der Waals surface area contributed by atoms with E-state index in [2.05, 4.69) is 15.0 Å². The van der Waals surface area contributed by atoms with Gasteiger partial charge in [-0.1, -0.05) is 0 Å². The molecule has 0 aliphatic carbocycles. The summed E-state index contributed by atoms with van der Waals surface area (Å²) in [6.07, 6.45) is 1.54. The Hall–Kier alpha value is -2.28. The SMILES string of the molecule is COc1ccc2nc(S(=O)CC3=NC=C(C)C(=O)C3C)[nH]c2c1. The van der Waals surface area contributed by atoms with Crippen LogP contribution in [-0.4, -0.2) is 38.5 Å². The van der Waals surface area contributed by atoms with E-state index in [1.54, 1.807) is 39.3 Å². The monoisotopic (exact) mass is 331 g/mol. The number of aliphatic imine (C=N–C) groups is 1. The second-order valence-electron chi connectivity index (χ2n) is 5.43. The maximum atomic E-state index is 12.5. The summed E-state index contributed by atoms with van der Waals surface area (Å²) < 4.78 is 17.7. The van der Waals surface area contributed by atoms with Crippen molar-refractivity contribution in [3.8, 4) is 5.75 Å². The Morgan fingerprint density at radius 2 is 2.17 bits per heavy atom. The van der Waals surface area contributed by atoms with Crippen LogP contribution >= 0.6 is 0 Å². The van der Waals surface area contributed by atoms with Crippen LogP contribution in [0.1, 0.15) is 13.8 Å². The molecular formula is C16H17N3O3S. The van der Waals surface area contributed by atoms with Crippen LogP contribution in [0.3, 0.4) is 0 Å². The second-order valence-corrected chi connectivity index (χ2v) is 6.80. The largest absolute Gasteiger partial charge is 0.497 e. The molecule has 23 heavy (non-hydrogen) atoms. The molecule has 0 bridgehead atoms. The van der Waals surface area contributed by atoms with Gasteiger partial charge >= 0.3 is 0 Å². The van der Waals surface area contributed by atoms with Crippen LogP contribution in [0.25, 0.3) is 11.0 Å². The standard InChI is InChI=1S/C16H17N3O3S/c1-9-7-17-14(10(2)15(9)20)8-23(21)16-18-12-5-4-11(22-3)6-13(12)19-16/h4-7,10H,8H2,1-3H3,(H,18,19). The molecule has 3 rings (SSSR count). The summed E-state index contributed by atoms with van der Waals surface area (Å²) in [5, 5.41) is 0.377. The minimum Gasteiger partial charge on any atom is -0.497 e. The van der Waals surface area contributed by atoms with Gasteiger partial charge in [0.2, 0.25) is 0 Å². The first-order valence-electron chi connectivity index (χ1n) is 7.19. The number of ketones is 1. The number of hydrogen-bond donors (Lipinski definition) is 1. The predicted octanol–water partition coefficient (Wildman–Crippen LogP) is 2.24. The Morgan fingerprint density at radius 3 is 2.91 bits per heavy atom. The summed E-state index contributed by atoms with van der Waals surface area (Å²) in [5.41, 5.74) is 2.73. The third-order valence-corrected chi connectivity index (χ3v) is 5.05. The zero-order valence-electron chi connectivity index (χ0n) is 13.1. The number of nitrogens with one attached hydrogen (secondary N) is 1. The van der Waals surface area contributed by atoms with Crippen molar-refractivity contribution in [2.24, 2.45) is 10.9 Å². The van der Waals surface area contributed by atoms with Crippen molar-refractivity contribution < 1.29 is 13.7 Å². The molecule has 6 nitrogen and oxygen atoms in total. The first kappa shape index (κ1) is 15.6. The molecule has 0 spiro atoms. The number of carbonyl (C=O) groups excluding carboxylic acids is 1. The van der Waals surface area contributed by atoms with E-state index in [0.29, 0.717) is 22.2 Å². The van der Waals surface area contributed by atoms with E-state index in [1.165, 1.54) is 0 Å². The first-order valence-corrected chi connectivity index (χ1v) is 8.51. The van der Waals surface area contributed by atoms with Crippen LogP contribution in [0.2, 0.25) is 0 Å². The van der Waals surface area contributed by atoms with Gasteiger partial charge in [-0.2, -0.15) is 0 Å². The molecule has 2 unspecified atom stereocenters. The van der Waals surface area contributed by atoms with E-state index in [4.69, 9.17) is 4.74 Å². The number of Topliss-reactive ketones (excluding diaryl/α,β-unsaturated/α-hetero) is 1. The van der Waals surface area contributed by atoms with Gasteiger partial charge in [0.1, 0.15) is 5.75 Å². The fourth-order valence-corrected chi connectivity index (χ4v) is 3.57. The Bertz CT molecular complexity index is 867. The summed E-state index contributed by atoms with van der Waals surface area (Å²) in [5.74, 6) is 0.581. The maximum absolute atomic E-state index is 12.5. The molecule has 1 N–H and O–H groups in total. The number of aromatic amines is 1. The Labute approximate surface area is 136 Å². The van der Waals surface area contributed by atoms with Crippen LogP contribution in [0, 0.1) is 5.92 Å². The highest BCUT2D eigenvalue weighted by atomic mass is 32.2. The number of ether oxygens (including phenoxy) is 1. The summed E-state index contributed by atoms with van der Waals surface area (Å²) in [7, 11) is 0.200. The average molecular weight is 331 g/mol. The first-order chi connectivity index (χ1) is 11.0. The van der Waals surface area contributed by atoms with Crippen molar-refractivity contribution in [2.75, 3.05) is 12.9 Å². The van der Waals surface area contributed by atoms with Crippen molar-refractivity contribution in [1.29, 1.82) is 0 Å². The minimum absolute atomic E-state index is 0.0290. The number of H-pyrrole nitrogens is 1. The predicted molar refractivity (Wildman–Crippen MR) is 89.3 cm³/mol. The van der Waals surface area contributed by atoms with Gasteiger partial charge in [0.15, 0.2) is 10.9 Å². The molecule has 1 aliphatic heterocycles. The normalized spacial score (nSPS) is 19.4. The molecule has 0 radical (unpaired) electrons. The van der Waals surface area contributed by atoms with Crippen molar-refractivity contribution in [3.05, 3.63) is 30.0 Å². The fraction of sp³-hybridized carbons (Fsp3) is 0.312. The lowest BCUT2D eigenvalue weighted by Gasteiger charge is -2.16. The van der Waals surface area contributed by atoms with E-state index in [1.807, 2.05) is 6.07 Å². The molecule has 0 saturated heterocycles. The van der Waals surface area contributed by atoms with Crippen molar-refractivity contribution in [2.45, 2.75) is 19.0 Å². The highest BCUT2D eigenvalue weighted by molar-refractivity contribution is 7.85. The molecule has 1 aromatic heterocycles. The summed E-state index contributed by atoms with van der Waals surface area (Å²) in [6.45, 7) is 3.53. The lowest BCUT2D eigenvalue weighted by Crippen LogP contribution is -2.29. The Balaban J connectivity index is 1.85. The number of carbonyl (C=O) groups is 1. The van der Waals surface area contributed by atoms with E-state index >= 15 is 0 Å². The van der Waals surface area contributed by atoms with Crippen LogP contribution in [0.4, 0.5) is 0 Å². The molecule has 0 fully saturated rings. The molecule has 1 aliphatic rings. The van der Waals surface area contributed by atoms with Gasteiger partial charge in [-0.15, -0.1) is 0 Å². The molecule has 2 atom stereocenters. The zero-order chi connectivity index (χ0) is 16.6. The minimum atomic E-state index is -1.39. The third kappa shape index (κ3) is 2.96. The van der Waals surface area contributed by atoms with E-state index < -0.39 is 10.8 Å². The van der Waals surface area contributed by atoms with Gasteiger partial charge in [-0.3, -0.25) is 14.0 Å². The van der Waals surface area contributed by atoms with E-state index in [9.17, 15) is 9.00 Å². The molecule has 120 valence electrons. The molecule has 2 heterocycles. The quantitative estimate of drug-likeness (QED) is 0.931. The van der Waals surface area contributed by atoms with Gasteiger partial charge < -0.3 is 9.72 Å². The number of benzene rings is 1. The molecule has 7 heteroatoms. The number of aromatic nitrogens is 2. The van der Waals surface area contributed by atoms with Crippen LogP contribution in [0.15, 0.2) is 40.1 Å². The highest BCUT2D eigenvalue weighted by Crippen LogP contribution is 2.21. The van der Waals surface area contributed by atoms with Gasteiger partial charge in [0, 0.05) is 23.6 Å². The van der Waals surface area contributed by atoms with Gasteiger partial charge in [0.05, 0.1) is 40.6 Å². The number of nitrogens with zero attached hydrogens (tertiary/aromatic N) is 2. The topological polar surface area (TPSA) is 84.4 Å². The molecule has 2 aromatic rings. The Morgan fingerprint density at radius 1 is 1.39 bits per heavy atom. The lowest BCUT2D eigenvalue weighted by molar-refractivity contribution is -0.117. The van der Waals surface area contributed by atoms with E-state index in [0.717, 1.165) is 11.0 Å². The molecular weight excluding hydrogens is 314 g/mol. The fourth-order valence-electron chi connectivity index (χ4n) is 2.41. The number of imidazole rings is 1. The smallest absolute Gasteiger partial charge is 0.197 e. The van der Waals surface area contributed by atoms with Crippen LogP contribution < -0.4 is 4.74 Å². The highest BCUT2D eigenvalue weighted by Gasteiger charge is 2.26. The summed E-state index contributed by atoms with van der Waals surface area (Å²) >= 11 is 0. The summed E-state index contributed by atoms with van der Waals surface area (Å²) in [6, 6.07) is 5.41. The van der Waals surface area contributed by atoms with Gasteiger partial charge in [-0.05, 0) is 26.0 Å². The lowest BCUT2D eigenvalue weighted by atomic mass is 9.95. The Kier molecular flexibility index (Phi) is 4.12. The molecule has 1 aromatic carbocycles. The van der Waals surface area contributed by atoms with Gasteiger partial charge in [-0.25, -0.2) is 4.98 Å². The van der Waals surface area contributed by atoms with Crippen LogP contribution in [0.5, 0.6) is 5.75 Å². The number of hydrogen-bond acceptors (Lipinski definition) is 5. The number of allylic oxidation sites excluding steroid dienone is 1. The van der Waals surface area contributed by atoms with Crippen LogP contribution in [-0.2, 0) is 15.6 Å². The zero-order valence-corrected chi connectivity index (χ0v) is 13.9. The van der Waals surface area contributed by atoms with E-state index in [-0.39, 0.29) is 17.5 Å². The third-order valence-electron chi connectivity index (χ3n) is 3.87. The average Bonchev–Trinajstić information content (AvgIpc) is 2.98. The number of methoxy groups -OCH3 is 1.